The number of anilines is 1. The summed E-state index contributed by atoms with van der Waals surface area (Å²) in [5.41, 5.74) is 4.12. The molecule has 0 aliphatic heterocycles. The van der Waals surface area contributed by atoms with Crippen molar-refractivity contribution in [1.82, 2.24) is 14.5 Å². The summed E-state index contributed by atoms with van der Waals surface area (Å²) in [5, 5.41) is 4.39. The second-order valence-electron chi connectivity index (χ2n) is 6.62. The third-order valence-electron chi connectivity index (χ3n) is 4.73. The molecular weight excluding hydrogens is 372 g/mol. The predicted octanol–water partition coefficient (Wildman–Crippen LogP) is 4.57. The summed E-state index contributed by atoms with van der Waals surface area (Å²) in [5.74, 6) is 0.624. The van der Waals surface area contributed by atoms with Crippen molar-refractivity contribution in [3.63, 3.8) is 0 Å². The molecule has 0 bridgehead atoms. The highest BCUT2D eigenvalue weighted by molar-refractivity contribution is 6.31. The Morgan fingerprint density at radius 1 is 1.11 bits per heavy atom. The lowest BCUT2D eigenvalue weighted by Gasteiger charge is -2.14. The molecule has 28 heavy (non-hydrogen) atoms. The van der Waals surface area contributed by atoms with Crippen molar-refractivity contribution in [2.45, 2.75) is 13.5 Å². The second kappa shape index (κ2) is 7.44. The number of halogens is 1. The maximum absolute atomic E-state index is 13.0. The smallest absolute Gasteiger partial charge is 0.261 e. The summed E-state index contributed by atoms with van der Waals surface area (Å²) in [7, 11) is 1.73. The lowest BCUT2D eigenvalue weighted by atomic mass is 10.1. The Morgan fingerprint density at radius 2 is 1.89 bits per heavy atom. The summed E-state index contributed by atoms with van der Waals surface area (Å²) in [6, 6.07) is 17.1. The van der Waals surface area contributed by atoms with Crippen molar-refractivity contribution in [1.29, 1.82) is 0 Å². The Hall–Kier alpha value is -3.18. The highest BCUT2D eigenvalue weighted by Gasteiger charge is 2.14. The highest BCUT2D eigenvalue weighted by Crippen LogP contribution is 2.25. The maximum atomic E-state index is 13.0. The zero-order valence-electron chi connectivity index (χ0n) is 15.6. The Kier molecular flexibility index (Phi) is 4.84. The number of hydrogen-bond acceptors (Lipinski definition) is 4. The summed E-state index contributed by atoms with van der Waals surface area (Å²) in [6.45, 7) is 2.43. The fraction of sp³-hybridized carbons (Fsp3) is 0.136. The maximum Gasteiger partial charge on any atom is 0.261 e. The van der Waals surface area contributed by atoms with Crippen molar-refractivity contribution in [3.8, 4) is 11.4 Å². The van der Waals surface area contributed by atoms with Crippen molar-refractivity contribution < 1.29 is 0 Å². The van der Waals surface area contributed by atoms with Crippen molar-refractivity contribution in [3.05, 3.63) is 87.4 Å². The molecule has 4 rings (SSSR count). The molecule has 0 aliphatic carbocycles. The van der Waals surface area contributed by atoms with Gasteiger partial charge in [-0.25, -0.2) is 4.98 Å². The van der Waals surface area contributed by atoms with Gasteiger partial charge in [-0.2, -0.15) is 0 Å². The van der Waals surface area contributed by atoms with Crippen LogP contribution in [0.4, 0.5) is 5.69 Å². The van der Waals surface area contributed by atoms with Gasteiger partial charge in [0.1, 0.15) is 5.82 Å². The molecule has 0 saturated heterocycles. The first kappa shape index (κ1) is 18.2. The van der Waals surface area contributed by atoms with E-state index in [0.717, 1.165) is 22.5 Å². The van der Waals surface area contributed by atoms with Crippen LogP contribution in [0.5, 0.6) is 0 Å². The number of nitrogens with zero attached hydrogens (tertiary/aromatic N) is 3. The SMILES string of the molecule is Cc1ncccc1NCc1cc(Cl)cc2c(=O)n(C)c(-c3ccccc3)nc12. The quantitative estimate of drug-likeness (QED) is 0.554. The number of pyridine rings is 1. The number of benzene rings is 2. The lowest BCUT2D eigenvalue weighted by molar-refractivity contribution is 0.854. The van der Waals surface area contributed by atoms with Crippen LogP contribution >= 0.6 is 11.6 Å². The van der Waals surface area contributed by atoms with E-state index in [1.165, 1.54) is 0 Å². The highest BCUT2D eigenvalue weighted by atomic mass is 35.5. The standard InChI is InChI=1S/C22H19ClN4O/c1-14-19(9-6-10-24-14)25-13-16-11-17(23)12-18-20(16)26-21(27(2)22(18)28)15-7-4-3-5-8-15/h3-12,25H,13H2,1-2H3. The van der Waals surface area contributed by atoms with E-state index in [9.17, 15) is 4.79 Å². The van der Waals surface area contributed by atoms with Crippen molar-refractivity contribution >= 4 is 28.2 Å². The van der Waals surface area contributed by atoms with Gasteiger partial charge in [-0.3, -0.25) is 14.3 Å². The molecular formula is C22H19ClN4O. The van der Waals surface area contributed by atoms with Gasteiger partial charge in [0, 0.05) is 30.4 Å². The minimum Gasteiger partial charge on any atom is -0.379 e. The van der Waals surface area contributed by atoms with Gasteiger partial charge in [0.15, 0.2) is 0 Å². The Bertz CT molecular complexity index is 1220. The summed E-state index contributed by atoms with van der Waals surface area (Å²) in [4.78, 5) is 22.1. The lowest BCUT2D eigenvalue weighted by Crippen LogP contribution is -2.21. The van der Waals surface area contributed by atoms with E-state index < -0.39 is 0 Å². The van der Waals surface area contributed by atoms with Crippen LogP contribution in [0.15, 0.2) is 65.6 Å². The fourth-order valence-electron chi connectivity index (χ4n) is 3.25. The molecule has 6 heteroatoms. The molecule has 0 amide bonds. The molecule has 140 valence electrons. The molecule has 0 fully saturated rings. The van der Waals surface area contributed by atoms with Crippen molar-refractivity contribution in [2.75, 3.05) is 5.32 Å². The molecule has 2 aromatic carbocycles. The number of aryl methyl sites for hydroxylation is 1. The molecule has 1 N–H and O–H groups in total. The first-order chi connectivity index (χ1) is 13.5. The molecule has 0 saturated carbocycles. The number of fused-ring (bicyclic) bond motifs is 1. The Balaban J connectivity index is 1.85. The Morgan fingerprint density at radius 3 is 2.64 bits per heavy atom. The molecule has 2 heterocycles. The number of rotatable bonds is 4. The zero-order chi connectivity index (χ0) is 19.7. The monoisotopic (exact) mass is 390 g/mol. The largest absolute Gasteiger partial charge is 0.379 e. The minimum absolute atomic E-state index is 0.120. The van der Waals surface area contributed by atoms with Crippen LogP contribution in [-0.4, -0.2) is 14.5 Å². The van der Waals surface area contributed by atoms with Crippen LogP contribution < -0.4 is 10.9 Å². The first-order valence-electron chi connectivity index (χ1n) is 8.94. The van der Waals surface area contributed by atoms with Gasteiger partial charge in [-0.15, -0.1) is 0 Å². The summed E-state index contributed by atoms with van der Waals surface area (Å²) < 4.78 is 1.57. The van der Waals surface area contributed by atoms with E-state index in [0.29, 0.717) is 28.3 Å². The van der Waals surface area contributed by atoms with Crippen LogP contribution in [0.1, 0.15) is 11.3 Å². The van der Waals surface area contributed by atoms with Gasteiger partial charge >= 0.3 is 0 Å². The molecule has 0 atom stereocenters. The average molecular weight is 391 g/mol. The summed E-state index contributed by atoms with van der Waals surface area (Å²) in [6.07, 6.45) is 1.76. The van der Waals surface area contributed by atoms with Gasteiger partial charge in [0.2, 0.25) is 0 Å². The third-order valence-corrected chi connectivity index (χ3v) is 4.95. The van der Waals surface area contributed by atoms with Crippen LogP contribution in [0.3, 0.4) is 0 Å². The van der Waals surface area contributed by atoms with Gasteiger partial charge in [0.25, 0.3) is 5.56 Å². The van der Waals surface area contributed by atoms with E-state index >= 15 is 0 Å². The molecule has 5 nitrogen and oxygen atoms in total. The van der Waals surface area contributed by atoms with Crippen LogP contribution in [-0.2, 0) is 13.6 Å². The zero-order valence-corrected chi connectivity index (χ0v) is 16.4. The molecule has 0 unspecified atom stereocenters. The average Bonchev–Trinajstić information content (AvgIpc) is 2.71. The molecule has 2 aromatic heterocycles. The van der Waals surface area contributed by atoms with Gasteiger partial charge in [0.05, 0.1) is 22.3 Å². The van der Waals surface area contributed by atoms with Gasteiger partial charge in [-0.1, -0.05) is 41.9 Å². The van der Waals surface area contributed by atoms with Gasteiger partial charge < -0.3 is 5.32 Å². The van der Waals surface area contributed by atoms with Gasteiger partial charge in [-0.05, 0) is 36.8 Å². The van der Waals surface area contributed by atoms with E-state index in [4.69, 9.17) is 16.6 Å². The fourth-order valence-corrected chi connectivity index (χ4v) is 3.49. The van der Waals surface area contributed by atoms with E-state index in [1.54, 1.807) is 23.9 Å². The predicted molar refractivity (Wildman–Crippen MR) is 114 cm³/mol. The minimum atomic E-state index is -0.120. The third kappa shape index (κ3) is 3.37. The number of nitrogens with one attached hydrogen (secondary N) is 1. The molecule has 0 radical (unpaired) electrons. The van der Waals surface area contributed by atoms with E-state index in [2.05, 4.69) is 10.3 Å². The summed E-state index contributed by atoms with van der Waals surface area (Å²) >= 11 is 6.30. The molecule has 4 aromatic rings. The number of hydrogen-bond donors (Lipinski definition) is 1. The second-order valence-corrected chi connectivity index (χ2v) is 7.05. The van der Waals surface area contributed by atoms with Crippen molar-refractivity contribution in [2.24, 2.45) is 7.05 Å². The topological polar surface area (TPSA) is 59.8 Å². The molecule has 0 aliphatic rings. The Labute approximate surface area is 167 Å². The van der Waals surface area contributed by atoms with Crippen LogP contribution in [0.2, 0.25) is 5.02 Å². The van der Waals surface area contributed by atoms with E-state index in [-0.39, 0.29) is 5.56 Å². The first-order valence-corrected chi connectivity index (χ1v) is 9.32. The van der Waals surface area contributed by atoms with E-state index in [1.807, 2.05) is 55.5 Å². The normalized spacial score (nSPS) is 11.0. The van der Waals surface area contributed by atoms with Crippen LogP contribution in [0.25, 0.3) is 22.3 Å². The molecule has 0 spiro atoms. The number of aromatic nitrogens is 3. The van der Waals surface area contributed by atoms with Crippen LogP contribution in [0, 0.1) is 6.92 Å².